The number of carbonyl (C=O) groups is 2. The van der Waals surface area contributed by atoms with Gasteiger partial charge in [-0.3, -0.25) is 9.59 Å². The maximum atomic E-state index is 13.1. The number of nitrogens with zero attached hydrogens (tertiary/aromatic N) is 1. The van der Waals surface area contributed by atoms with Crippen molar-refractivity contribution in [3.63, 3.8) is 0 Å². The van der Waals surface area contributed by atoms with E-state index in [0.717, 1.165) is 12.5 Å². The zero-order valence-electron chi connectivity index (χ0n) is 12.0. The lowest BCUT2D eigenvalue weighted by atomic mass is 9.92. The molecule has 1 fully saturated rings. The van der Waals surface area contributed by atoms with Gasteiger partial charge in [-0.1, -0.05) is 25.4 Å². The Bertz CT molecular complexity index is 555. The van der Waals surface area contributed by atoms with Crippen LogP contribution in [0.25, 0.3) is 0 Å². The molecule has 2 rings (SSSR count). The fourth-order valence-corrected chi connectivity index (χ4v) is 2.91. The number of carbonyl (C=O) groups excluding carboxylic acids is 2. The van der Waals surface area contributed by atoms with E-state index in [1.54, 1.807) is 4.90 Å². The molecule has 0 aromatic heterocycles. The van der Waals surface area contributed by atoms with Crippen LogP contribution in [-0.4, -0.2) is 29.8 Å². The number of nitrogens with one attached hydrogen (secondary N) is 1. The first-order valence-electron chi connectivity index (χ1n) is 6.92. The van der Waals surface area contributed by atoms with Gasteiger partial charge in [0.1, 0.15) is 5.82 Å². The number of piperidine rings is 1. The minimum atomic E-state index is -0.723. The Kier molecular flexibility index (Phi) is 4.83. The summed E-state index contributed by atoms with van der Waals surface area (Å²) in [6.45, 7) is 5.29. The molecule has 1 aliphatic rings. The molecular formula is C15H18ClFN2O2. The summed E-state index contributed by atoms with van der Waals surface area (Å²) in [6.07, 6.45) is 1.05. The summed E-state index contributed by atoms with van der Waals surface area (Å²) in [5, 5.41) is 2.36. The van der Waals surface area contributed by atoms with Gasteiger partial charge < -0.3 is 10.2 Å². The van der Waals surface area contributed by atoms with E-state index in [1.807, 2.05) is 0 Å². The molecule has 0 saturated carbocycles. The minimum Gasteiger partial charge on any atom is -0.334 e. The van der Waals surface area contributed by atoms with Crippen LogP contribution in [0.4, 0.5) is 10.1 Å². The van der Waals surface area contributed by atoms with Crippen LogP contribution >= 0.6 is 11.6 Å². The number of hydrogen-bond acceptors (Lipinski definition) is 2. The molecule has 2 unspecified atom stereocenters. The molecule has 1 saturated heterocycles. The summed E-state index contributed by atoms with van der Waals surface area (Å²) in [4.78, 5) is 25.7. The van der Waals surface area contributed by atoms with Gasteiger partial charge in [0.25, 0.3) is 0 Å². The zero-order chi connectivity index (χ0) is 15.6. The summed E-state index contributed by atoms with van der Waals surface area (Å²) >= 11 is 5.64. The molecule has 1 heterocycles. The SMILES string of the molecule is CC1CC(C)CN(C(=O)C(=O)Nc2ccc(F)c(Cl)c2)C1. The number of halogens is 2. The second-order valence-electron chi connectivity index (χ2n) is 5.74. The summed E-state index contributed by atoms with van der Waals surface area (Å²) in [5.74, 6) is -1.09. The largest absolute Gasteiger partial charge is 0.334 e. The van der Waals surface area contributed by atoms with Gasteiger partial charge in [0.05, 0.1) is 5.02 Å². The molecule has 0 radical (unpaired) electrons. The highest BCUT2D eigenvalue weighted by molar-refractivity contribution is 6.39. The highest BCUT2D eigenvalue weighted by atomic mass is 35.5. The summed E-state index contributed by atoms with van der Waals surface area (Å²) in [5.41, 5.74) is 0.304. The predicted molar refractivity (Wildman–Crippen MR) is 79.6 cm³/mol. The fourth-order valence-electron chi connectivity index (χ4n) is 2.73. The normalized spacial score (nSPS) is 22.0. The van der Waals surface area contributed by atoms with Crippen LogP contribution < -0.4 is 5.32 Å². The zero-order valence-corrected chi connectivity index (χ0v) is 12.8. The molecule has 0 spiro atoms. The molecule has 21 heavy (non-hydrogen) atoms. The Morgan fingerprint density at radius 1 is 1.29 bits per heavy atom. The number of benzene rings is 1. The summed E-state index contributed by atoms with van der Waals surface area (Å²) in [6, 6.07) is 3.80. The van der Waals surface area contributed by atoms with Gasteiger partial charge in [-0.15, -0.1) is 0 Å². The lowest BCUT2D eigenvalue weighted by molar-refractivity contribution is -0.144. The third kappa shape index (κ3) is 3.94. The van der Waals surface area contributed by atoms with E-state index in [4.69, 9.17) is 11.6 Å². The van der Waals surface area contributed by atoms with Crippen LogP contribution in [-0.2, 0) is 9.59 Å². The smallest absolute Gasteiger partial charge is 0.313 e. The van der Waals surface area contributed by atoms with E-state index < -0.39 is 17.6 Å². The molecule has 1 aliphatic heterocycles. The lowest BCUT2D eigenvalue weighted by Crippen LogP contribution is -2.47. The topological polar surface area (TPSA) is 49.4 Å². The number of rotatable bonds is 1. The van der Waals surface area contributed by atoms with Crippen molar-refractivity contribution in [2.24, 2.45) is 11.8 Å². The Balaban J connectivity index is 2.02. The molecule has 0 aliphatic carbocycles. The van der Waals surface area contributed by atoms with Crippen molar-refractivity contribution in [2.45, 2.75) is 20.3 Å². The van der Waals surface area contributed by atoms with Crippen molar-refractivity contribution in [3.05, 3.63) is 29.0 Å². The Morgan fingerprint density at radius 2 is 1.90 bits per heavy atom. The molecule has 6 heteroatoms. The number of likely N-dealkylation sites (tertiary alicyclic amines) is 1. The second kappa shape index (κ2) is 6.43. The quantitative estimate of drug-likeness (QED) is 0.811. The highest BCUT2D eigenvalue weighted by Crippen LogP contribution is 2.22. The second-order valence-corrected chi connectivity index (χ2v) is 6.15. The van der Waals surface area contributed by atoms with Crippen LogP contribution in [0.3, 0.4) is 0 Å². The molecule has 1 aromatic rings. The van der Waals surface area contributed by atoms with E-state index in [2.05, 4.69) is 19.2 Å². The highest BCUT2D eigenvalue weighted by Gasteiger charge is 2.29. The molecule has 2 atom stereocenters. The van der Waals surface area contributed by atoms with Crippen molar-refractivity contribution in [3.8, 4) is 0 Å². The van der Waals surface area contributed by atoms with E-state index in [-0.39, 0.29) is 5.02 Å². The molecule has 1 N–H and O–H groups in total. The summed E-state index contributed by atoms with van der Waals surface area (Å²) in [7, 11) is 0. The van der Waals surface area contributed by atoms with Crippen LogP contribution in [0, 0.1) is 17.7 Å². The molecule has 0 bridgehead atoms. The van der Waals surface area contributed by atoms with Crippen LogP contribution in [0.1, 0.15) is 20.3 Å². The molecule has 4 nitrogen and oxygen atoms in total. The van der Waals surface area contributed by atoms with Gasteiger partial charge in [-0.05, 0) is 36.5 Å². The minimum absolute atomic E-state index is 0.0968. The lowest BCUT2D eigenvalue weighted by Gasteiger charge is -2.34. The third-order valence-corrected chi connectivity index (χ3v) is 3.82. The third-order valence-electron chi connectivity index (χ3n) is 3.53. The standard InChI is InChI=1S/C15H18ClFN2O2/c1-9-5-10(2)8-19(7-9)15(21)14(20)18-11-3-4-13(17)12(16)6-11/h3-4,6,9-10H,5,7-8H2,1-2H3,(H,18,20). The maximum Gasteiger partial charge on any atom is 0.313 e. The van der Waals surface area contributed by atoms with Gasteiger partial charge in [-0.2, -0.15) is 0 Å². The van der Waals surface area contributed by atoms with E-state index >= 15 is 0 Å². The molecule has 1 aromatic carbocycles. The number of amides is 2. The van der Waals surface area contributed by atoms with E-state index in [9.17, 15) is 14.0 Å². The number of anilines is 1. The first kappa shape index (κ1) is 15.8. The van der Waals surface area contributed by atoms with Crippen LogP contribution in [0.5, 0.6) is 0 Å². The molecule has 114 valence electrons. The average molecular weight is 313 g/mol. The Morgan fingerprint density at radius 3 is 2.48 bits per heavy atom. The maximum absolute atomic E-state index is 13.1. The first-order valence-corrected chi connectivity index (χ1v) is 7.30. The fraction of sp³-hybridized carbons (Fsp3) is 0.467. The van der Waals surface area contributed by atoms with Gasteiger partial charge in [0, 0.05) is 18.8 Å². The van der Waals surface area contributed by atoms with Crippen LogP contribution in [0.2, 0.25) is 5.02 Å². The van der Waals surface area contributed by atoms with Crippen LogP contribution in [0.15, 0.2) is 18.2 Å². The number of hydrogen-bond donors (Lipinski definition) is 1. The molecule has 2 amide bonds. The van der Waals surface area contributed by atoms with Gasteiger partial charge in [-0.25, -0.2) is 4.39 Å². The van der Waals surface area contributed by atoms with E-state index in [0.29, 0.717) is 30.6 Å². The van der Waals surface area contributed by atoms with E-state index in [1.165, 1.54) is 12.1 Å². The Hall–Kier alpha value is -1.62. The van der Waals surface area contributed by atoms with Crippen molar-refractivity contribution in [1.82, 2.24) is 4.90 Å². The predicted octanol–water partition coefficient (Wildman–Crippen LogP) is 2.92. The Labute approximate surface area is 128 Å². The van der Waals surface area contributed by atoms with Crippen molar-refractivity contribution in [1.29, 1.82) is 0 Å². The average Bonchev–Trinajstić information content (AvgIpc) is 2.41. The monoisotopic (exact) mass is 312 g/mol. The first-order chi connectivity index (χ1) is 9.86. The van der Waals surface area contributed by atoms with Gasteiger partial charge >= 0.3 is 11.8 Å². The van der Waals surface area contributed by atoms with Crippen molar-refractivity contribution in [2.75, 3.05) is 18.4 Å². The van der Waals surface area contributed by atoms with Gasteiger partial charge in [0.15, 0.2) is 0 Å². The molecular weight excluding hydrogens is 295 g/mol. The van der Waals surface area contributed by atoms with Gasteiger partial charge in [0.2, 0.25) is 0 Å². The summed E-state index contributed by atoms with van der Waals surface area (Å²) < 4.78 is 13.1. The van der Waals surface area contributed by atoms with Crippen molar-refractivity contribution < 1.29 is 14.0 Å². The van der Waals surface area contributed by atoms with Crippen molar-refractivity contribution >= 4 is 29.1 Å².